The Labute approximate surface area is 97.2 Å². The second kappa shape index (κ2) is 3.44. The van der Waals surface area contributed by atoms with E-state index < -0.39 is 0 Å². The summed E-state index contributed by atoms with van der Waals surface area (Å²) in [4.78, 5) is 0. The van der Waals surface area contributed by atoms with Crippen LogP contribution in [0.15, 0.2) is 35.5 Å². The first-order valence-electron chi connectivity index (χ1n) is 6.24. The fourth-order valence-electron chi connectivity index (χ4n) is 3.51. The molecule has 16 heavy (non-hydrogen) atoms. The van der Waals surface area contributed by atoms with E-state index in [0.29, 0.717) is 11.3 Å². The van der Waals surface area contributed by atoms with Crippen LogP contribution in [0.25, 0.3) is 0 Å². The Hall–Kier alpha value is -1.11. The normalized spacial score (nSPS) is 39.1. The number of carbonyl (C=O) groups excluding carboxylic acids is 1. The van der Waals surface area contributed by atoms with Gasteiger partial charge in [-0.3, -0.25) is 4.42 Å². The van der Waals surface area contributed by atoms with Crippen LogP contribution in [0.4, 0.5) is 0 Å². The highest BCUT2D eigenvalue weighted by atomic mass is 16.4. The predicted octanol–water partition coefficient (Wildman–Crippen LogP) is 3.35. The average Bonchev–Trinajstić information content (AvgIpc) is 2.33. The van der Waals surface area contributed by atoms with Gasteiger partial charge in [-0.1, -0.05) is 24.1 Å². The topological polar surface area (TPSA) is 11.3 Å². The maximum atomic E-state index is 5.37. The van der Waals surface area contributed by atoms with E-state index in [-0.39, 0.29) is 0 Å². The molecule has 1 fully saturated rings. The Balaban J connectivity index is 2.13. The number of hydrogen-bond donors (Lipinski definition) is 0. The van der Waals surface area contributed by atoms with Crippen molar-refractivity contribution in [2.24, 2.45) is 11.3 Å². The van der Waals surface area contributed by atoms with E-state index in [1.165, 1.54) is 25.7 Å². The Morgan fingerprint density at radius 3 is 3.12 bits per heavy atom. The molecule has 0 amide bonds. The standard InChI is InChI=1S/C15H19O/c1-11-5-8-15-7-3-4-13(11)14(15)10-12(16-2)6-9-15/h5-6,9-10,13H,3-4,7-8H2,1-2H3/q+1/t13-,15+/m0/s1. The summed E-state index contributed by atoms with van der Waals surface area (Å²) in [6.45, 7) is 2.28. The van der Waals surface area contributed by atoms with Crippen LogP contribution in [-0.2, 0) is 4.42 Å². The van der Waals surface area contributed by atoms with Gasteiger partial charge in [0.1, 0.15) is 0 Å². The van der Waals surface area contributed by atoms with Gasteiger partial charge < -0.3 is 0 Å². The molecule has 2 atom stereocenters. The van der Waals surface area contributed by atoms with Crippen molar-refractivity contribution >= 4 is 5.78 Å². The molecule has 0 aromatic heterocycles. The molecule has 0 radical (unpaired) electrons. The Kier molecular flexibility index (Phi) is 2.17. The van der Waals surface area contributed by atoms with Gasteiger partial charge in [0.2, 0.25) is 0 Å². The second-order valence-electron chi connectivity index (χ2n) is 5.29. The molecule has 0 aromatic carbocycles. The van der Waals surface area contributed by atoms with Crippen LogP contribution in [-0.4, -0.2) is 12.9 Å². The van der Waals surface area contributed by atoms with Gasteiger partial charge in [0.15, 0.2) is 0 Å². The summed E-state index contributed by atoms with van der Waals surface area (Å²) in [5, 5.41) is 0. The van der Waals surface area contributed by atoms with Gasteiger partial charge in [-0.15, -0.1) is 0 Å². The van der Waals surface area contributed by atoms with Gasteiger partial charge in [0.05, 0.1) is 0 Å². The quantitative estimate of drug-likeness (QED) is 0.433. The first-order valence-corrected chi connectivity index (χ1v) is 6.24. The van der Waals surface area contributed by atoms with Crippen LogP contribution >= 0.6 is 0 Å². The Morgan fingerprint density at radius 2 is 2.31 bits per heavy atom. The van der Waals surface area contributed by atoms with Crippen molar-refractivity contribution < 1.29 is 4.42 Å². The molecule has 0 aliphatic heterocycles. The Bertz CT molecular complexity index is 436. The van der Waals surface area contributed by atoms with E-state index in [1.807, 2.05) is 0 Å². The lowest BCUT2D eigenvalue weighted by Crippen LogP contribution is -2.36. The molecule has 3 rings (SSSR count). The highest BCUT2D eigenvalue weighted by Crippen LogP contribution is 2.54. The molecule has 0 spiro atoms. The lowest BCUT2D eigenvalue weighted by molar-refractivity contribution is -0.417. The minimum absolute atomic E-state index is 0.338. The summed E-state index contributed by atoms with van der Waals surface area (Å²) >= 11 is 0. The van der Waals surface area contributed by atoms with E-state index in [9.17, 15) is 0 Å². The molecule has 3 aliphatic carbocycles. The van der Waals surface area contributed by atoms with Crippen LogP contribution in [0.5, 0.6) is 0 Å². The maximum Gasteiger partial charge on any atom is 0.342 e. The van der Waals surface area contributed by atoms with E-state index >= 15 is 0 Å². The zero-order chi connectivity index (χ0) is 11.2. The summed E-state index contributed by atoms with van der Waals surface area (Å²) < 4.78 is 5.37. The van der Waals surface area contributed by atoms with Crippen molar-refractivity contribution in [3.63, 3.8) is 0 Å². The molecule has 1 saturated carbocycles. The molecule has 2 bridgehead atoms. The highest BCUT2D eigenvalue weighted by Gasteiger charge is 2.44. The van der Waals surface area contributed by atoms with Crippen LogP contribution in [0, 0.1) is 11.3 Å². The third kappa shape index (κ3) is 1.27. The fourth-order valence-corrected chi connectivity index (χ4v) is 3.51. The minimum atomic E-state index is 0.338. The molecular formula is C15H19O+. The first-order chi connectivity index (χ1) is 7.75. The minimum Gasteiger partial charge on any atom is -0.258 e. The van der Waals surface area contributed by atoms with E-state index in [2.05, 4.69) is 31.2 Å². The summed E-state index contributed by atoms with van der Waals surface area (Å²) in [6, 6.07) is 0. The molecule has 1 nitrogen and oxygen atoms in total. The van der Waals surface area contributed by atoms with Crippen LogP contribution < -0.4 is 0 Å². The van der Waals surface area contributed by atoms with Gasteiger partial charge in [-0.05, 0) is 31.8 Å². The zero-order valence-corrected chi connectivity index (χ0v) is 10.1. The largest absolute Gasteiger partial charge is 0.342 e. The van der Waals surface area contributed by atoms with Crippen molar-refractivity contribution in [1.82, 2.24) is 0 Å². The molecular weight excluding hydrogens is 196 g/mol. The van der Waals surface area contributed by atoms with Gasteiger partial charge in [0, 0.05) is 23.5 Å². The zero-order valence-electron chi connectivity index (χ0n) is 10.1. The smallest absolute Gasteiger partial charge is 0.258 e. The molecule has 0 heterocycles. The fraction of sp³-hybridized carbons (Fsp3) is 0.533. The maximum absolute atomic E-state index is 5.37. The van der Waals surface area contributed by atoms with E-state index in [4.69, 9.17) is 4.42 Å². The first kappa shape index (κ1) is 10.1. The van der Waals surface area contributed by atoms with E-state index in [1.54, 1.807) is 18.3 Å². The third-order valence-corrected chi connectivity index (χ3v) is 4.50. The predicted molar refractivity (Wildman–Crippen MR) is 66.3 cm³/mol. The third-order valence-electron chi connectivity index (χ3n) is 4.50. The number of ketones is 1. The summed E-state index contributed by atoms with van der Waals surface area (Å²) in [6.07, 6.45) is 14.5. The van der Waals surface area contributed by atoms with Gasteiger partial charge in [0.25, 0.3) is 7.11 Å². The lowest BCUT2D eigenvalue weighted by Gasteiger charge is -2.46. The molecule has 0 aromatic rings. The van der Waals surface area contributed by atoms with Gasteiger partial charge >= 0.3 is 5.78 Å². The van der Waals surface area contributed by atoms with Crippen LogP contribution in [0.1, 0.15) is 32.6 Å². The van der Waals surface area contributed by atoms with Crippen molar-refractivity contribution in [3.05, 3.63) is 35.5 Å². The second-order valence-corrected chi connectivity index (χ2v) is 5.29. The molecule has 1 heteroatoms. The number of hydrogen-bond acceptors (Lipinski definition) is 0. The van der Waals surface area contributed by atoms with E-state index in [0.717, 1.165) is 5.78 Å². The van der Waals surface area contributed by atoms with Crippen molar-refractivity contribution in [2.75, 3.05) is 7.11 Å². The molecule has 0 saturated heterocycles. The van der Waals surface area contributed by atoms with Gasteiger partial charge in [-0.2, -0.15) is 0 Å². The SMILES string of the molecule is C[O+]=C1C=C[C@]23CC=C(C)[C@H](CCC2)C3=C1. The van der Waals surface area contributed by atoms with Crippen molar-refractivity contribution in [1.29, 1.82) is 0 Å². The summed E-state index contributed by atoms with van der Waals surface area (Å²) in [7, 11) is 1.76. The monoisotopic (exact) mass is 215 g/mol. The summed E-state index contributed by atoms with van der Waals surface area (Å²) in [5.74, 6) is 1.70. The molecule has 0 unspecified atom stereocenters. The number of rotatable bonds is 0. The Morgan fingerprint density at radius 1 is 1.44 bits per heavy atom. The molecule has 0 N–H and O–H groups in total. The molecule has 84 valence electrons. The summed E-state index contributed by atoms with van der Waals surface area (Å²) in [5.41, 5.74) is 3.51. The van der Waals surface area contributed by atoms with Crippen LogP contribution in [0.3, 0.4) is 0 Å². The van der Waals surface area contributed by atoms with Crippen molar-refractivity contribution in [2.45, 2.75) is 32.6 Å². The van der Waals surface area contributed by atoms with Crippen molar-refractivity contribution in [3.8, 4) is 0 Å². The average molecular weight is 215 g/mol. The lowest BCUT2D eigenvalue weighted by atomic mass is 9.57. The van der Waals surface area contributed by atoms with Gasteiger partial charge in [-0.25, -0.2) is 0 Å². The highest BCUT2D eigenvalue weighted by molar-refractivity contribution is 6.01. The number of allylic oxidation sites excluding steroid dienone is 6. The van der Waals surface area contributed by atoms with Crippen LogP contribution in [0.2, 0.25) is 0 Å². The molecule has 3 aliphatic rings.